The average Bonchev–Trinajstić information content (AvgIpc) is 3.19. The molecule has 2 aliphatic heterocycles. The summed E-state index contributed by atoms with van der Waals surface area (Å²) in [7, 11) is -0.164. The van der Waals surface area contributed by atoms with E-state index in [1.54, 1.807) is 7.11 Å². The third-order valence-corrected chi connectivity index (χ3v) is 12.4. The molecule has 0 radical (unpaired) electrons. The standard InChI is InChI=1S/C28H40N2O4Si/c1-20-25(14-7-21-5-8-22(9-6-21)30-17-16-29-19-27(30)32)34-26(15-18-31)28(20)35(3,4)24-12-10-23(33-2)11-13-24/h5-6,8-13,20,25-26,28-29,31H,7,14-19H2,1-4H3/t20-,25+,26-,28+/m0/s1. The minimum atomic E-state index is -1.86. The number of aliphatic hydroxyl groups is 1. The Kier molecular flexibility index (Phi) is 8.32. The third-order valence-electron chi connectivity index (χ3n) is 8.04. The lowest BCUT2D eigenvalue weighted by molar-refractivity contribution is -0.118. The molecule has 7 heteroatoms. The van der Waals surface area contributed by atoms with Gasteiger partial charge in [0.05, 0.1) is 33.9 Å². The minimum absolute atomic E-state index is 0.0878. The summed E-state index contributed by atoms with van der Waals surface area (Å²) in [6.45, 7) is 9.31. The Morgan fingerprint density at radius 3 is 2.43 bits per heavy atom. The number of methoxy groups -OCH3 is 1. The molecule has 0 bridgehead atoms. The molecule has 0 unspecified atom stereocenters. The van der Waals surface area contributed by atoms with E-state index in [1.165, 1.54) is 10.8 Å². The van der Waals surface area contributed by atoms with Gasteiger partial charge in [0.1, 0.15) is 5.75 Å². The van der Waals surface area contributed by atoms with Crippen LogP contribution in [0.5, 0.6) is 5.75 Å². The van der Waals surface area contributed by atoms with Crippen LogP contribution in [-0.4, -0.2) is 64.6 Å². The topological polar surface area (TPSA) is 71.0 Å². The molecule has 1 amide bonds. The number of benzene rings is 2. The van der Waals surface area contributed by atoms with Gasteiger partial charge in [-0.2, -0.15) is 0 Å². The fourth-order valence-electron chi connectivity index (χ4n) is 6.07. The maximum Gasteiger partial charge on any atom is 0.240 e. The van der Waals surface area contributed by atoms with Crippen LogP contribution in [0.1, 0.15) is 25.3 Å². The molecule has 2 N–H and O–H groups in total. The van der Waals surface area contributed by atoms with E-state index in [0.717, 1.165) is 30.8 Å². The number of ether oxygens (including phenoxy) is 2. The van der Waals surface area contributed by atoms with Crippen LogP contribution in [-0.2, 0) is 16.0 Å². The number of nitrogens with one attached hydrogen (secondary N) is 1. The number of piperazine rings is 1. The summed E-state index contributed by atoms with van der Waals surface area (Å²) in [5.41, 5.74) is 2.68. The molecule has 2 heterocycles. The predicted molar refractivity (Wildman–Crippen MR) is 143 cm³/mol. The summed E-state index contributed by atoms with van der Waals surface area (Å²) in [6.07, 6.45) is 2.85. The molecule has 2 fully saturated rings. The van der Waals surface area contributed by atoms with Crippen molar-refractivity contribution in [1.29, 1.82) is 0 Å². The smallest absolute Gasteiger partial charge is 0.240 e. The normalized spacial score (nSPS) is 25.2. The van der Waals surface area contributed by atoms with Crippen LogP contribution < -0.4 is 20.1 Å². The lowest BCUT2D eigenvalue weighted by Crippen LogP contribution is -2.50. The number of aliphatic hydroxyl groups excluding tert-OH is 1. The highest BCUT2D eigenvalue weighted by Gasteiger charge is 2.50. The Hall–Kier alpha value is -2.19. The van der Waals surface area contributed by atoms with Gasteiger partial charge in [0, 0.05) is 25.4 Å². The molecule has 4 rings (SSSR count). The second kappa shape index (κ2) is 11.2. The first-order chi connectivity index (χ1) is 16.8. The quantitative estimate of drug-likeness (QED) is 0.521. The van der Waals surface area contributed by atoms with Crippen molar-refractivity contribution in [2.75, 3.05) is 38.3 Å². The third kappa shape index (κ3) is 5.64. The Morgan fingerprint density at radius 2 is 1.80 bits per heavy atom. The molecule has 2 aromatic rings. The molecular formula is C28H40N2O4Si. The van der Waals surface area contributed by atoms with Gasteiger partial charge in [-0.3, -0.25) is 4.79 Å². The monoisotopic (exact) mass is 496 g/mol. The minimum Gasteiger partial charge on any atom is -0.497 e. The van der Waals surface area contributed by atoms with Crippen LogP contribution in [0.3, 0.4) is 0 Å². The van der Waals surface area contributed by atoms with Gasteiger partial charge in [-0.05, 0) is 60.6 Å². The van der Waals surface area contributed by atoms with E-state index in [-0.39, 0.29) is 24.7 Å². The second-order valence-electron chi connectivity index (χ2n) is 10.5. The van der Waals surface area contributed by atoms with Gasteiger partial charge in [0.25, 0.3) is 0 Å². The van der Waals surface area contributed by atoms with Crippen molar-refractivity contribution in [2.45, 2.75) is 57.0 Å². The highest BCUT2D eigenvalue weighted by molar-refractivity contribution is 6.91. The first-order valence-corrected chi connectivity index (χ1v) is 15.9. The van der Waals surface area contributed by atoms with Crippen molar-refractivity contribution in [1.82, 2.24) is 5.32 Å². The molecule has 2 saturated heterocycles. The summed E-state index contributed by atoms with van der Waals surface area (Å²) in [6, 6.07) is 17.0. The number of aryl methyl sites for hydroxylation is 1. The van der Waals surface area contributed by atoms with Gasteiger partial charge in [-0.15, -0.1) is 0 Å². The molecule has 2 aliphatic rings. The van der Waals surface area contributed by atoms with E-state index in [0.29, 0.717) is 31.0 Å². The van der Waals surface area contributed by atoms with Gasteiger partial charge in [-0.1, -0.05) is 49.5 Å². The zero-order valence-electron chi connectivity index (χ0n) is 21.5. The molecule has 35 heavy (non-hydrogen) atoms. The lowest BCUT2D eigenvalue weighted by atomic mass is 9.95. The summed E-state index contributed by atoms with van der Waals surface area (Å²) in [5.74, 6) is 1.43. The molecule has 0 saturated carbocycles. The van der Waals surface area contributed by atoms with E-state index in [1.807, 2.05) is 4.90 Å². The molecule has 4 atom stereocenters. The Labute approximate surface area is 210 Å². The van der Waals surface area contributed by atoms with Crippen molar-refractivity contribution < 1.29 is 19.4 Å². The van der Waals surface area contributed by atoms with Crippen molar-refractivity contribution in [3.05, 3.63) is 54.1 Å². The Morgan fingerprint density at radius 1 is 1.09 bits per heavy atom. The van der Waals surface area contributed by atoms with Gasteiger partial charge >= 0.3 is 0 Å². The van der Waals surface area contributed by atoms with Crippen LogP contribution in [0.4, 0.5) is 5.69 Å². The molecule has 2 aromatic carbocycles. The fraction of sp³-hybridized carbons (Fsp3) is 0.536. The van der Waals surface area contributed by atoms with Crippen LogP contribution in [0, 0.1) is 5.92 Å². The molecule has 0 aromatic heterocycles. The van der Waals surface area contributed by atoms with E-state index in [9.17, 15) is 9.90 Å². The molecule has 190 valence electrons. The molecule has 0 aliphatic carbocycles. The summed E-state index contributed by atoms with van der Waals surface area (Å²) < 4.78 is 12.0. The van der Waals surface area contributed by atoms with E-state index in [2.05, 4.69) is 73.9 Å². The van der Waals surface area contributed by atoms with E-state index in [4.69, 9.17) is 9.47 Å². The number of anilines is 1. The molecule has 6 nitrogen and oxygen atoms in total. The SMILES string of the molecule is COc1ccc([Si](C)(C)[C@@H]2[C@@H](C)[C@@H](CCc3ccc(N4CCNCC4=O)cc3)O[C@H]2CCO)cc1. The van der Waals surface area contributed by atoms with Gasteiger partial charge in [0.2, 0.25) is 5.91 Å². The van der Waals surface area contributed by atoms with Crippen LogP contribution in [0.15, 0.2) is 48.5 Å². The summed E-state index contributed by atoms with van der Waals surface area (Å²) >= 11 is 0. The molecular weight excluding hydrogens is 456 g/mol. The number of hydrogen-bond donors (Lipinski definition) is 2. The highest BCUT2D eigenvalue weighted by Crippen LogP contribution is 2.46. The van der Waals surface area contributed by atoms with Crippen molar-refractivity contribution in [3.63, 3.8) is 0 Å². The zero-order chi connectivity index (χ0) is 25.0. The number of amides is 1. The first kappa shape index (κ1) is 25.9. The van der Waals surface area contributed by atoms with Crippen molar-refractivity contribution in [2.24, 2.45) is 5.92 Å². The highest BCUT2D eigenvalue weighted by atomic mass is 28.3. The number of hydrogen-bond acceptors (Lipinski definition) is 5. The van der Waals surface area contributed by atoms with Crippen LogP contribution in [0.2, 0.25) is 18.6 Å². The van der Waals surface area contributed by atoms with Crippen LogP contribution in [0.25, 0.3) is 0 Å². The number of carbonyl (C=O) groups excluding carboxylic acids is 1. The van der Waals surface area contributed by atoms with Gasteiger partial charge in [-0.25, -0.2) is 0 Å². The lowest BCUT2D eigenvalue weighted by Gasteiger charge is -2.36. The number of carbonyl (C=O) groups is 1. The van der Waals surface area contributed by atoms with Crippen molar-refractivity contribution in [3.8, 4) is 5.75 Å². The Bertz CT molecular complexity index is 979. The second-order valence-corrected chi connectivity index (χ2v) is 15.2. The average molecular weight is 497 g/mol. The number of nitrogens with zero attached hydrogens (tertiary/aromatic N) is 1. The van der Waals surface area contributed by atoms with Crippen molar-refractivity contribution >= 4 is 24.9 Å². The number of rotatable bonds is 9. The first-order valence-electron chi connectivity index (χ1n) is 12.9. The largest absolute Gasteiger partial charge is 0.497 e. The zero-order valence-corrected chi connectivity index (χ0v) is 22.5. The fourth-order valence-corrected chi connectivity index (χ4v) is 10.2. The van der Waals surface area contributed by atoms with E-state index < -0.39 is 8.07 Å². The van der Waals surface area contributed by atoms with E-state index >= 15 is 0 Å². The Balaban J connectivity index is 1.43. The van der Waals surface area contributed by atoms with Gasteiger partial charge < -0.3 is 24.8 Å². The molecule has 0 spiro atoms. The van der Waals surface area contributed by atoms with Gasteiger partial charge in [0.15, 0.2) is 0 Å². The maximum absolute atomic E-state index is 12.2. The summed E-state index contributed by atoms with van der Waals surface area (Å²) in [4.78, 5) is 14.0. The maximum atomic E-state index is 12.2. The predicted octanol–water partition coefficient (Wildman–Crippen LogP) is 3.34. The van der Waals surface area contributed by atoms with Crippen LogP contribution >= 0.6 is 0 Å². The summed E-state index contributed by atoms with van der Waals surface area (Å²) in [5, 5.41) is 14.3.